The number of phenolic OH excluding ortho intramolecular Hbond substituents is 1. The molecule has 0 aliphatic carbocycles. The SMILES string of the molecule is Oc1c([C@H]2CCN2)cc(Br)cc1C(F)(F)F. The molecule has 1 aliphatic rings. The maximum Gasteiger partial charge on any atom is 0.420 e. The number of halogens is 4. The summed E-state index contributed by atoms with van der Waals surface area (Å²) in [5.74, 6) is -0.673. The molecule has 1 atom stereocenters. The summed E-state index contributed by atoms with van der Waals surface area (Å²) >= 11 is 3.02. The first-order chi connectivity index (χ1) is 7.39. The molecule has 2 nitrogen and oxygen atoms in total. The highest BCUT2D eigenvalue weighted by atomic mass is 79.9. The van der Waals surface area contributed by atoms with E-state index in [1.54, 1.807) is 0 Å². The van der Waals surface area contributed by atoms with Crippen molar-refractivity contribution in [2.45, 2.75) is 18.6 Å². The van der Waals surface area contributed by atoms with Crippen molar-refractivity contribution in [3.63, 3.8) is 0 Å². The third-order valence-electron chi connectivity index (χ3n) is 2.61. The number of rotatable bonds is 1. The second kappa shape index (κ2) is 3.92. The maximum atomic E-state index is 12.6. The van der Waals surface area contributed by atoms with Crippen molar-refractivity contribution < 1.29 is 18.3 Å². The Labute approximate surface area is 98.6 Å². The lowest BCUT2D eigenvalue weighted by atomic mass is 9.95. The molecule has 0 saturated carbocycles. The summed E-state index contributed by atoms with van der Waals surface area (Å²) in [5, 5.41) is 12.6. The second-order valence-corrected chi connectivity index (χ2v) is 4.60. The summed E-state index contributed by atoms with van der Waals surface area (Å²) in [4.78, 5) is 0. The molecule has 0 radical (unpaired) electrons. The predicted molar refractivity (Wildman–Crippen MR) is 56.2 cm³/mol. The largest absolute Gasteiger partial charge is 0.507 e. The van der Waals surface area contributed by atoms with Gasteiger partial charge in [-0.3, -0.25) is 0 Å². The molecule has 88 valence electrons. The molecule has 0 bridgehead atoms. The van der Waals surface area contributed by atoms with Gasteiger partial charge in [0.15, 0.2) is 0 Å². The zero-order valence-corrected chi connectivity index (χ0v) is 9.69. The van der Waals surface area contributed by atoms with Gasteiger partial charge in [0.05, 0.1) is 5.56 Å². The number of hydrogen-bond donors (Lipinski definition) is 2. The molecular weight excluding hydrogens is 287 g/mol. The van der Waals surface area contributed by atoms with Crippen LogP contribution in [0.5, 0.6) is 5.75 Å². The summed E-state index contributed by atoms with van der Waals surface area (Å²) in [7, 11) is 0. The molecule has 1 aromatic rings. The van der Waals surface area contributed by atoms with E-state index in [2.05, 4.69) is 21.2 Å². The fourth-order valence-electron chi connectivity index (χ4n) is 1.66. The van der Waals surface area contributed by atoms with Gasteiger partial charge in [-0.1, -0.05) is 15.9 Å². The van der Waals surface area contributed by atoms with E-state index in [-0.39, 0.29) is 6.04 Å². The van der Waals surface area contributed by atoms with Crippen LogP contribution in [0.3, 0.4) is 0 Å². The molecule has 1 heterocycles. The Morgan fingerprint density at radius 3 is 2.44 bits per heavy atom. The molecule has 1 aliphatic heterocycles. The molecule has 16 heavy (non-hydrogen) atoms. The quantitative estimate of drug-likeness (QED) is 0.834. The molecule has 0 aromatic heterocycles. The Kier molecular flexibility index (Phi) is 2.88. The van der Waals surface area contributed by atoms with Gasteiger partial charge in [-0.05, 0) is 25.1 Å². The summed E-state index contributed by atoms with van der Waals surface area (Å²) in [6.45, 7) is 0.762. The molecule has 6 heteroatoms. The lowest BCUT2D eigenvalue weighted by Crippen LogP contribution is -2.35. The first kappa shape index (κ1) is 11.7. The van der Waals surface area contributed by atoms with Crippen LogP contribution in [-0.2, 0) is 6.18 Å². The Bertz CT molecular complexity index is 415. The number of alkyl halides is 3. The van der Waals surface area contributed by atoms with Crippen molar-refractivity contribution in [2.24, 2.45) is 0 Å². The van der Waals surface area contributed by atoms with E-state index in [0.717, 1.165) is 19.0 Å². The van der Waals surface area contributed by atoms with Gasteiger partial charge in [-0.25, -0.2) is 0 Å². The molecule has 1 saturated heterocycles. The molecule has 1 fully saturated rings. The van der Waals surface area contributed by atoms with Crippen LogP contribution in [0.25, 0.3) is 0 Å². The van der Waals surface area contributed by atoms with Crippen LogP contribution in [-0.4, -0.2) is 11.7 Å². The van der Waals surface area contributed by atoms with Crippen molar-refractivity contribution in [1.29, 1.82) is 0 Å². The minimum absolute atomic E-state index is 0.182. The summed E-state index contributed by atoms with van der Waals surface area (Å²) in [6.07, 6.45) is -3.80. The Morgan fingerprint density at radius 2 is 2.00 bits per heavy atom. The summed E-state index contributed by atoms with van der Waals surface area (Å²) in [6, 6.07) is 2.22. The van der Waals surface area contributed by atoms with Crippen LogP contribution in [0.15, 0.2) is 16.6 Å². The number of nitrogens with one attached hydrogen (secondary N) is 1. The number of benzene rings is 1. The fourth-order valence-corrected chi connectivity index (χ4v) is 2.13. The van der Waals surface area contributed by atoms with Crippen molar-refractivity contribution in [3.8, 4) is 5.75 Å². The zero-order chi connectivity index (χ0) is 11.9. The van der Waals surface area contributed by atoms with Crippen LogP contribution >= 0.6 is 15.9 Å². The van der Waals surface area contributed by atoms with E-state index in [1.165, 1.54) is 6.07 Å². The van der Waals surface area contributed by atoms with Crippen LogP contribution in [0.4, 0.5) is 13.2 Å². The van der Waals surface area contributed by atoms with Gasteiger partial charge in [-0.15, -0.1) is 0 Å². The average Bonchev–Trinajstić information content (AvgIpc) is 2.05. The van der Waals surface area contributed by atoms with Crippen molar-refractivity contribution >= 4 is 15.9 Å². The second-order valence-electron chi connectivity index (χ2n) is 3.68. The van der Waals surface area contributed by atoms with Crippen LogP contribution in [0.1, 0.15) is 23.6 Å². The normalized spacial score (nSPS) is 20.6. The fraction of sp³-hybridized carbons (Fsp3) is 0.400. The highest BCUT2D eigenvalue weighted by Gasteiger charge is 2.36. The lowest BCUT2D eigenvalue weighted by Gasteiger charge is -2.29. The van der Waals surface area contributed by atoms with Gasteiger partial charge in [0.1, 0.15) is 5.75 Å². The highest BCUT2D eigenvalue weighted by molar-refractivity contribution is 9.10. The van der Waals surface area contributed by atoms with E-state index < -0.39 is 17.5 Å². The molecule has 2 N–H and O–H groups in total. The van der Waals surface area contributed by atoms with Gasteiger partial charge in [0.2, 0.25) is 0 Å². The van der Waals surface area contributed by atoms with Crippen molar-refractivity contribution in [3.05, 3.63) is 27.7 Å². The first-order valence-electron chi connectivity index (χ1n) is 4.72. The third kappa shape index (κ3) is 2.04. The van der Waals surface area contributed by atoms with E-state index in [1.807, 2.05) is 0 Å². The van der Waals surface area contributed by atoms with Gasteiger partial charge < -0.3 is 10.4 Å². The molecular formula is C10H9BrF3NO. The van der Waals surface area contributed by atoms with E-state index in [4.69, 9.17) is 0 Å². The summed E-state index contributed by atoms with van der Waals surface area (Å²) < 4.78 is 38.1. The van der Waals surface area contributed by atoms with Gasteiger partial charge in [0, 0.05) is 16.1 Å². The van der Waals surface area contributed by atoms with Gasteiger partial charge in [-0.2, -0.15) is 13.2 Å². The highest BCUT2D eigenvalue weighted by Crippen LogP contribution is 2.42. The summed E-state index contributed by atoms with van der Waals surface area (Å²) in [5.41, 5.74) is -0.696. The molecule has 2 rings (SSSR count). The monoisotopic (exact) mass is 295 g/mol. The van der Waals surface area contributed by atoms with Crippen LogP contribution < -0.4 is 5.32 Å². The zero-order valence-electron chi connectivity index (χ0n) is 8.11. The predicted octanol–water partition coefficient (Wildman–Crippen LogP) is 3.21. The topological polar surface area (TPSA) is 32.3 Å². The molecule has 1 aromatic carbocycles. The smallest absolute Gasteiger partial charge is 0.420 e. The molecule has 0 unspecified atom stereocenters. The maximum absolute atomic E-state index is 12.6. The number of phenols is 1. The molecule has 0 amide bonds. The number of aromatic hydroxyl groups is 1. The first-order valence-corrected chi connectivity index (χ1v) is 5.52. The van der Waals surface area contributed by atoms with E-state index in [0.29, 0.717) is 10.0 Å². The van der Waals surface area contributed by atoms with Gasteiger partial charge >= 0.3 is 6.18 Å². The van der Waals surface area contributed by atoms with E-state index >= 15 is 0 Å². The van der Waals surface area contributed by atoms with Crippen molar-refractivity contribution in [1.82, 2.24) is 5.32 Å². The minimum atomic E-state index is -4.54. The van der Waals surface area contributed by atoms with Crippen LogP contribution in [0.2, 0.25) is 0 Å². The Balaban J connectivity index is 2.50. The van der Waals surface area contributed by atoms with Crippen LogP contribution in [0, 0.1) is 0 Å². The van der Waals surface area contributed by atoms with Crippen molar-refractivity contribution in [2.75, 3.05) is 6.54 Å². The third-order valence-corrected chi connectivity index (χ3v) is 3.07. The Morgan fingerprint density at radius 1 is 1.38 bits per heavy atom. The lowest BCUT2D eigenvalue weighted by molar-refractivity contribution is -0.138. The minimum Gasteiger partial charge on any atom is -0.507 e. The number of hydrogen-bond acceptors (Lipinski definition) is 2. The standard InChI is InChI=1S/C10H9BrF3NO/c11-5-3-6(8-1-2-15-8)9(16)7(4-5)10(12,13)14/h3-4,8,15-16H,1-2H2/t8-/m1/s1. The molecule has 0 spiro atoms. The Hall–Kier alpha value is -0.750. The van der Waals surface area contributed by atoms with E-state index in [9.17, 15) is 18.3 Å². The van der Waals surface area contributed by atoms with Gasteiger partial charge in [0.25, 0.3) is 0 Å². The average molecular weight is 296 g/mol.